The van der Waals surface area contributed by atoms with Crippen LogP contribution in [0, 0.1) is 6.92 Å². The van der Waals surface area contributed by atoms with E-state index in [0.29, 0.717) is 12.2 Å². The molecule has 0 unspecified atom stereocenters. The minimum atomic E-state index is -0.167. The van der Waals surface area contributed by atoms with Crippen LogP contribution in [0.1, 0.15) is 48.2 Å². The molecule has 0 fully saturated rings. The number of benzene rings is 1. The lowest BCUT2D eigenvalue weighted by Gasteiger charge is -2.12. The Kier molecular flexibility index (Phi) is 4.86. The molecule has 23 heavy (non-hydrogen) atoms. The van der Waals surface area contributed by atoms with Gasteiger partial charge in [0.1, 0.15) is 0 Å². The van der Waals surface area contributed by atoms with Gasteiger partial charge in [0.2, 0.25) is 0 Å². The van der Waals surface area contributed by atoms with Gasteiger partial charge in [0.05, 0.1) is 11.9 Å². The van der Waals surface area contributed by atoms with E-state index in [4.69, 9.17) is 0 Å². The smallest absolute Gasteiger partial charge is 0.273 e. The normalized spacial score (nSPS) is 14.4. The summed E-state index contributed by atoms with van der Waals surface area (Å²) >= 11 is 0. The van der Waals surface area contributed by atoms with E-state index in [1.54, 1.807) is 10.9 Å². The number of amides is 1. The summed E-state index contributed by atoms with van der Waals surface area (Å²) in [7, 11) is 0. The van der Waals surface area contributed by atoms with Crippen molar-refractivity contribution in [3.05, 3.63) is 53.4 Å². The number of allylic oxidation sites excluding steroid dienone is 1. The molecular formula is C18H22N4O. The van der Waals surface area contributed by atoms with E-state index >= 15 is 0 Å². The van der Waals surface area contributed by atoms with Gasteiger partial charge in [-0.25, -0.2) is 4.68 Å². The second-order valence-corrected chi connectivity index (χ2v) is 6.00. The summed E-state index contributed by atoms with van der Waals surface area (Å²) in [6.07, 6.45) is 9.80. The first-order valence-corrected chi connectivity index (χ1v) is 8.18. The van der Waals surface area contributed by atoms with Crippen LogP contribution in [0.25, 0.3) is 5.69 Å². The van der Waals surface area contributed by atoms with Crippen molar-refractivity contribution in [3.8, 4) is 5.69 Å². The highest BCUT2D eigenvalue weighted by Crippen LogP contribution is 2.19. The number of aromatic nitrogens is 3. The number of carbonyl (C=O) groups is 1. The number of nitrogens with one attached hydrogen (secondary N) is 1. The van der Waals surface area contributed by atoms with E-state index in [2.05, 4.69) is 21.7 Å². The number of rotatable bonds is 5. The monoisotopic (exact) mass is 310 g/mol. The number of hydrogen-bond donors (Lipinski definition) is 1. The molecule has 1 aromatic carbocycles. The number of nitrogens with zero attached hydrogens (tertiary/aromatic N) is 3. The van der Waals surface area contributed by atoms with E-state index in [9.17, 15) is 4.79 Å². The van der Waals surface area contributed by atoms with Crippen LogP contribution < -0.4 is 5.32 Å². The molecule has 1 heterocycles. The molecule has 1 aromatic heterocycles. The molecule has 0 saturated carbocycles. The Bertz CT molecular complexity index is 700. The maximum Gasteiger partial charge on any atom is 0.273 e. The molecule has 0 radical (unpaired) electrons. The fourth-order valence-electron chi connectivity index (χ4n) is 2.75. The number of carbonyl (C=O) groups excluding carboxylic acids is 1. The Hall–Kier alpha value is -2.43. The summed E-state index contributed by atoms with van der Waals surface area (Å²) in [6.45, 7) is 2.69. The quantitative estimate of drug-likeness (QED) is 0.863. The van der Waals surface area contributed by atoms with Crippen molar-refractivity contribution < 1.29 is 4.79 Å². The molecule has 0 atom stereocenters. The van der Waals surface area contributed by atoms with E-state index in [0.717, 1.165) is 12.1 Å². The van der Waals surface area contributed by atoms with Crippen LogP contribution in [0.4, 0.5) is 0 Å². The molecule has 1 aliphatic carbocycles. The molecule has 2 aromatic rings. The van der Waals surface area contributed by atoms with E-state index < -0.39 is 0 Å². The Balaban J connectivity index is 1.55. The molecular weight excluding hydrogens is 288 g/mol. The van der Waals surface area contributed by atoms with Crippen molar-refractivity contribution in [2.45, 2.75) is 39.0 Å². The summed E-state index contributed by atoms with van der Waals surface area (Å²) in [5.41, 5.74) is 3.89. The van der Waals surface area contributed by atoms with Crippen LogP contribution in [0.5, 0.6) is 0 Å². The van der Waals surface area contributed by atoms with Crippen molar-refractivity contribution in [2.75, 3.05) is 6.54 Å². The summed E-state index contributed by atoms with van der Waals surface area (Å²) in [5, 5.41) is 10.9. The van der Waals surface area contributed by atoms with Crippen molar-refractivity contribution >= 4 is 5.91 Å². The van der Waals surface area contributed by atoms with Gasteiger partial charge in [-0.2, -0.15) is 0 Å². The standard InChI is InChI=1S/C18H22N4O/c1-14-7-9-16(10-8-14)22-13-17(20-21-22)18(23)19-12-11-15-5-3-2-4-6-15/h5,7-10,13H,2-4,6,11-12H2,1H3,(H,19,23). The van der Waals surface area contributed by atoms with Gasteiger partial charge in [-0.15, -0.1) is 5.10 Å². The molecule has 1 N–H and O–H groups in total. The zero-order valence-corrected chi connectivity index (χ0v) is 13.5. The Morgan fingerprint density at radius 1 is 1.26 bits per heavy atom. The molecule has 120 valence electrons. The van der Waals surface area contributed by atoms with Gasteiger partial charge in [0.15, 0.2) is 5.69 Å². The molecule has 5 heteroatoms. The molecule has 5 nitrogen and oxygen atoms in total. The lowest BCUT2D eigenvalue weighted by atomic mass is 9.97. The Morgan fingerprint density at radius 2 is 2.09 bits per heavy atom. The molecule has 0 bridgehead atoms. The van der Waals surface area contributed by atoms with Gasteiger partial charge in [0, 0.05) is 6.54 Å². The fraction of sp³-hybridized carbons (Fsp3) is 0.389. The van der Waals surface area contributed by atoms with E-state index in [1.165, 1.54) is 36.8 Å². The van der Waals surface area contributed by atoms with Crippen LogP contribution in [0.15, 0.2) is 42.1 Å². The van der Waals surface area contributed by atoms with Gasteiger partial charge in [0.25, 0.3) is 5.91 Å². The van der Waals surface area contributed by atoms with Crippen molar-refractivity contribution in [1.82, 2.24) is 20.3 Å². The van der Waals surface area contributed by atoms with Crippen LogP contribution in [-0.4, -0.2) is 27.4 Å². The van der Waals surface area contributed by atoms with E-state index in [1.807, 2.05) is 31.2 Å². The van der Waals surface area contributed by atoms with Crippen LogP contribution in [0.2, 0.25) is 0 Å². The third-order valence-corrected chi connectivity index (χ3v) is 4.14. The lowest BCUT2D eigenvalue weighted by Crippen LogP contribution is -2.25. The van der Waals surface area contributed by atoms with Crippen LogP contribution in [-0.2, 0) is 0 Å². The topological polar surface area (TPSA) is 59.8 Å². The SMILES string of the molecule is Cc1ccc(-n2cc(C(=O)NCCC3=CCCCC3)nn2)cc1. The molecule has 0 spiro atoms. The van der Waals surface area contributed by atoms with Crippen molar-refractivity contribution in [3.63, 3.8) is 0 Å². The molecule has 3 rings (SSSR count). The minimum absolute atomic E-state index is 0.167. The van der Waals surface area contributed by atoms with Gasteiger partial charge >= 0.3 is 0 Å². The summed E-state index contributed by atoms with van der Waals surface area (Å²) in [5.74, 6) is -0.167. The average molecular weight is 310 g/mol. The first-order valence-electron chi connectivity index (χ1n) is 8.18. The average Bonchev–Trinajstić information content (AvgIpc) is 3.06. The lowest BCUT2D eigenvalue weighted by molar-refractivity contribution is 0.0949. The first kappa shape index (κ1) is 15.5. The Labute approximate surface area is 136 Å². The van der Waals surface area contributed by atoms with Gasteiger partial charge in [-0.3, -0.25) is 4.79 Å². The molecule has 1 aliphatic rings. The minimum Gasteiger partial charge on any atom is -0.350 e. The second kappa shape index (κ2) is 7.22. The number of hydrogen-bond acceptors (Lipinski definition) is 3. The molecule has 0 saturated heterocycles. The highest BCUT2D eigenvalue weighted by Gasteiger charge is 2.11. The third kappa shape index (κ3) is 4.06. The highest BCUT2D eigenvalue weighted by molar-refractivity contribution is 5.91. The summed E-state index contributed by atoms with van der Waals surface area (Å²) in [6, 6.07) is 7.94. The predicted octanol–water partition coefficient (Wildman–Crippen LogP) is 3.20. The number of aryl methyl sites for hydroxylation is 1. The van der Waals surface area contributed by atoms with Crippen molar-refractivity contribution in [1.29, 1.82) is 0 Å². The largest absolute Gasteiger partial charge is 0.350 e. The maximum absolute atomic E-state index is 12.1. The maximum atomic E-state index is 12.1. The second-order valence-electron chi connectivity index (χ2n) is 6.00. The van der Waals surface area contributed by atoms with Gasteiger partial charge in [-0.05, 0) is 51.2 Å². The molecule has 1 amide bonds. The first-order chi connectivity index (χ1) is 11.2. The van der Waals surface area contributed by atoms with Crippen LogP contribution >= 0.6 is 0 Å². The zero-order chi connectivity index (χ0) is 16.1. The van der Waals surface area contributed by atoms with Gasteiger partial charge < -0.3 is 5.32 Å². The zero-order valence-electron chi connectivity index (χ0n) is 13.5. The summed E-state index contributed by atoms with van der Waals surface area (Å²) < 4.78 is 1.62. The van der Waals surface area contributed by atoms with E-state index in [-0.39, 0.29) is 5.91 Å². The molecule has 0 aliphatic heterocycles. The fourth-order valence-corrected chi connectivity index (χ4v) is 2.75. The van der Waals surface area contributed by atoms with Crippen molar-refractivity contribution in [2.24, 2.45) is 0 Å². The van der Waals surface area contributed by atoms with Crippen LogP contribution in [0.3, 0.4) is 0 Å². The van der Waals surface area contributed by atoms with Gasteiger partial charge in [-0.1, -0.05) is 34.6 Å². The predicted molar refractivity (Wildman–Crippen MR) is 89.6 cm³/mol. The summed E-state index contributed by atoms with van der Waals surface area (Å²) in [4.78, 5) is 12.1. The Morgan fingerprint density at radius 3 is 2.83 bits per heavy atom. The highest BCUT2D eigenvalue weighted by atomic mass is 16.2. The third-order valence-electron chi connectivity index (χ3n) is 4.14.